The van der Waals surface area contributed by atoms with Gasteiger partial charge >= 0.3 is 0 Å². The van der Waals surface area contributed by atoms with E-state index in [0.717, 1.165) is 36.8 Å². The van der Waals surface area contributed by atoms with Crippen molar-refractivity contribution in [2.75, 3.05) is 24.7 Å². The molecule has 1 saturated heterocycles. The monoisotopic (exact) mass is 269 g/mol. The molecule has 2 rings (SSSR count). The van der Waals surface area contributed by atoms with E-state index in [1.165, 1.54) is 0 Å². The van der Waals surface area contributed by atoms with Crippen LogP contribution in [0.1, 0.15) is 32.2 Å². The third-order valence-electron chi connectivity index (χ3n) is 3.32. The van der Waals surface area contributed by atoms with Crippen LogP contribution < -0.4 is 4.90 Å². The van der Waals surface area contributed by atoms with Crippen molar-refractivity contribution in [3.05, 3.63) is 16.5 Å². The standard InChI is InChI=1S/C13H20ClN3O/c1-5-10-15-11(14)9(2)12(16-10)17-6-7-18-8-13(17,3)4/h5-8H2,1-4H3. The molecule has 18 heavy (non-hydrogen) atoms. The number of nitrogens with zero attached hydrogens (tertiary/aromatic N) is 3. The zero-order valence-electron chi connectivity index (χ0n) is 11.5. The number of aryl methyl sites for hydroxylation is 1. The van der Waals surface area contributed by atoms with E-state index < -0.39 is 0 Å². The van der Waals surface area contributed by atoms with E-state index >= 15 is 0 Å². The summed E-state index contributed by atoms with van der Waals surface area (Å²) >= 11 is 6.20. The Labute approximate surface area is 113 Å². The smallest absolute Gasteiger partial charge is 0.137 e. The summed E-state index contributed by atoms with van der Waals surface area (Å²) in [7, 11) is 0. The Hall–Kier alpha value is -0.870. The molecule has 2 heterocycles. The van der Waals surface area contributed by atoms with Gasteiger partial charge < -0.3 is 9.64 Å². The van der Waals surface area contributed by atoms with Gasteiger partial charge in [0.1, 0.15) is 16.8 Å². The molecule has 0 radical (unpaired) electrons. The summed E-state index contributed by atoms with van der Waals surface area (Å²) in [5.41, 5.74) is 0.884. The average molecular weight is 270 g/mol. The molecule has 1 aromatic heterocycles. The van der Waals surface area contributed by atoms with Gasteiger partial charge in [-0.3, -0.25) is 0 Å². The SMILES string of the molecule is CCc1nc(Cl)c(C)c(N2CCOCC2(C)C)n1. The van der Waals surface area contributed by atoms with E-state index in [4.69, 9.17) is 16.3 Å². The summed E-state index contributed by atoms with van der Waals surface area (Å²) in [6, 6.07) is 0. The van der Waals surface area contributed by atoms with Crippen LogP contribution in [0.5, 0.6) is 0 Å². The molecule has 0 N–H and O–H groups in total. The molecular formula is C13H20ClN3O. The predicted octanol–water partition coefficient (Wildman–Crippen LogP) is 2.62. The molecule has 0 unspecified atom stereocenters. The molecule has 4 nitrogen and oxygen atoms in total. The molecule has 5 heteroatoms. The molecule has 0 aromatic carbocycles. The maximum absolute atomic E-state index is 6.20. The summed E-state index contributed by atoms with van der Waals surface area (Å²) in [6.07, 6.45) is 0.789. The Balaban J connectivity index is 2.45. The van der Waals surface area contributed by atoms with Crippen molar-refractivity contribution < 1.29 is 4.74 Å². The van der Waals surface area contributed by atoms with Gasteiger partial charge in [0, 0.05) is 18.5 Å². The van der Waals surface area contributed by atoms with E-state index in [0.29, 0.717) is 11.8 Å². The minimum atomic E-state index is -0.0638. The number of ether oxygens (including phenoxy) is 1. The molecule has 1 fully saturated rings. The molecule has 0 atom stereocenters. The van der Waals surface area contributed by atoms with Gasteiger partial charge in [0.25, 0.3) is 0 Å². The van der Waals surface area contributed by atoms with Crippen molar-refractivity contribution in [3.63, 3.8) is 0 Å². The lowest BCUT2D eigenvalue weighted by Gasteiger charge is -2.43. The summed E-state index contributed by atoms with van der Waals surface area (Å²) < 4.78 is 5.55. The van der Waals surface area contributed by atoms with Crippen LogP contribution in [-0.4, -0.2) is 35.3 Å². The molecule has 0 bridgehead atoms. The Morgan fingerprint density at radius 3 is 2.72 bits per heavy atom. The normalized spacial score (nSPS) is 19.1. The Kier molecular flexibility index (Phi) is 3.78. The van der Waals surface area contributed by atoms with Crippen LogP contribution in [0, 0.1) is 6.92 Å². The number of hydrogen-bond acceptors (Lipinski definition) is 4. The average Bonchev–Trinajstić information content (AvgIpc) is 2.32. The second kappa shape index (κ2) is 5.02. The first kappa shape index (κ1) is 13.6. The molecule has 0 aliphatic carbocycles. The van der Waals surface area contributed by atoms with E-state index in [1.54, 1.807) is 0 Å². The quantitative estimate of drug-likeness (QED) is 0.774. The highest BCUT2D eigenvalue weighted by molar-refractivity contribution is 6.30. The summed E-state index contributed by atoms with van der Waals surface area (Å²) in [4.78, 5) is 11.2. The molecule has 0 spiro atoms. The number of hydrogen-bond donors (Lipinski definition) is 0. The highest BCUT2D eigenvalue weighted by atomic mass is 35.5. The van der Waals surface area contributed by atoms with Crippen LogP contribution in [-0.2, 0) is 11.2 Å². The van der Waals surface area contributed by atoms with Gasteiger partial charge in [0.05, 0.1) is 18.8 Å². The first-order chi connectivity index (χ1) is 8.45. The van der Waals surface area contributed by atoms with Gasteiger partial charge in [0.2, 0.25) is 0 Å². The number of anilines is 1. The zero-order valence-corrected chi connectivity index (χ0v) is 12.2. The molecule has 0 saturated carbocycles. The lowest BCUT2D eigenvalue weighted by Crippen LogP contribution is -2.53. The van der Waals surface area contributed by atoms with Gasteiger partial charge in [-0.25, -0.2) is 9.97 Å². The summed E-state index contributed by atoms with van der Waals surface area (Å²) in [5, 5.41) is 0.555. The number of rotatable bonds is 2. The van der Waals surface area contributed by atoms with Crippen LogP contribution in [0.4, 0.5) is 5.82 Å². The third kappa shape index (κ3) is 2.45. The topological polar surface area (TPSA) is 38.2 Å². The lowest BCUT2D eigenvalue weighted by atomic mass is 10.0. The molecule has 0 amide bonds. The van der Waals surface area contributed by atoms with E-state index in [1.807, 2.05) is 13.8 Å². The Morgan fingerprint density at radius 1 is 1.39 bits per heavy atom. The third-order valence-corrected chi connectivity index (χ3v) is 3.69. The van der Waals surface area contributed by atoms with Crippen LogP contribution in [0.3, 0.4) is 0 Å². The maximum atomic E-state index is 6.20. The van der Waals surface area contributed by atoms with E-state index in [2.05, 4.69) is 28.7 Å². The predicted molar refractivity (Wildman–Crippen MR) is 73.4 cm³/mol. The van der Waals surface area contributed by atoms with Gasteiger partial charge in [-0.15, -0.1) is 0 Å². The molecular weight excluding hydrogens is 250 g/mol. The van der Waals surface area contributed by atoms with Crippen LogP contribution >= 0.6 is 11.6 Å². The molecule has 1 aliphatic rings. The van der Waals surface area contributed by atoms with E-state index in [9.17, 15) is 0 Å². The molecule has 1 aromatic rings. The van der Waals surface area contributed by atoms with Crippen molar-refractivity contribution in [1.82, 2.24) is 9.97 Å². The van der Waals surface area contributed by atoms with Crippen molar-refractivity contribution in [3.8, 4) is 0 Å². The first-order valence-electron chi connectivity index (χ1n) is 6.34. The Morgan fingerprint density at radius 2 is 2.11 bits per heavy atom. The van der Waals surface area contributed by atoms with Crippen LogP contribution in [0.2, 0.25) is 5.15 Å². The Bertz CT molecular complexity index is 448. The lowest BCUT2D eigenvalue weighted by molar-refractivity contribution is 0.0638. The summed E-state index contributed by atoms with van der Waals surface area (Å²) in [6.45, 7) is 10.6. The fourth-order valence-electron chi connectivity index (χ4n) is 2.19. The maximum Gasteiger partial charge on any atom is 0.137 e. The fourth-order valence-corrected chi connectivity index (χ4v) is 2.37. The van der Waals surface area contributed by atoms with Crippen molar-refractivity contribution in [2.24, 2.45) is 0 Å². The van der Waals surface area contributed by atoms with Crippen molar-refractivity contribution in [2.45, 2.75) is 39.7 Å². The first-order valence-corrected chi connectivity index (χ1v) is 6.72. The van der Waals surface area contributed by atoms with Crippen molar-refractivity contribution in [1.29, 1.82) is 0 Å². The van der Waals surface area contributed by atoms with Gasteiger partial charge in [-0.2, -0.15) is 0 Å². The minimum absolute atomic E-state index is 0.0638. The number of morpholine rings is 1. The number of halogens is 1. The van der Waals surface area contributed by atoms with Gasteiger partial charge in [0.15, 0.2) is 0 Å². The van der Waals surface area contributed by atoms with Crippen molar-refractivity contribution >= 4 is 17.4 Å². The summed E-state index contributed by atoms with van der Waals surface area (Å²) in [5.74, 6) is 1.74. The second-order valence-electron chi connectivity index (χ2n) is 5.25. The fraction of sp³-hybridized carbons (Fsp3) is 0.692. The van der Waals surface area contributed by atoms with Gasteiger partial charge in [-0.1, -0.05) is 18.5 Å². The highest BCUT2D eigenvalue weighted by Gasteiger charge is 2.33. The van der Waals surface area contributed by atoms with Crippen LogP contribution in [0.15, 0.2) is 0 Å². The van der Waals surface area contributed by atoms with Gasteiger partial charge in [-0.05, 0) is 20.8 Å². The zero-order chi connectivity index (χ0) is 13.3. The minimum Gasteiger partial charge on any atom is -0.377 e. The number of aromatic nitrogens is 2. The second-order valence-corrected chi connectivity index (χ2v) is 5.61. The molecule has 1 aliphatic heterocycles. The van der Waals surface area contributed by atoms with E-state index in [-0.39, 0.29) is 5.54 Å². The van der Waals surface area contributed by atoms with Crippen LogP contribution in [0.25, 0.3) is 0 Å². The molecule has 100 valence electrons. The highest BCUT2D eigenvalue weighted by Crippen LogP contribution is 2.30. The largest absolute Gasteiger partial charge is 0.377 e.